The summed E-state index contributed by atoms with van der Waals surface area (Å²) in [5.41, 5.74) is 0.103. The summed E-state index contributed by atoms with van der Waals surface area (Å²) in [6, 6.07) is 1.24. The largest absolute Gasteiger partial charge is 0.477 e. The molecule has 98 valence electrons. The topological polar surface area (TPSA) is 108 Å². The van der Waals surface area contributed by atoms with Crippen LogP contribution in [-0.2, 0) is 23.0 Å². The Labute approximate surface area is 103 Å². The van der Waals surface area contributed by atoms with E-state index in [0.29, 0.717) is 17.7 Å². The number of nitrogens with one attached hydrogen (secondary N) is 1. The zero-order valence-corrected chi connectivity index (χ0v) is 10.5. The molecular weight excluding hydrogens is 260 g/mol. The first-order valence-corrected chi connectivity index (χ1v) is 7.07. The lowest BCUT2D eigenvalue weighted by Crippen LogP contribution is -2.37. The molecule has 0 saturated carbocycles. The molecule has 0 fully saturated rings. The quantitative estimate of drug-likeness (QED) is 0.746. The fraction of sp³-hybridized carbons (Fsp3) is 0.400. The molecule has 0 amide bonds. The first-order chi connectivity index (χ1) is 8.29. The number of aromatic carboxylic acids is 1. The number of rotatable bonds is 2. The highest BCUT2D eigenvalue weighted by Gasteiger charge is 2.25. The first-order valence-electron chi connectivity index (χ1n) is 5.22. The standard InChI is InChI=1S/C10H12N2O5S/c1-18(16,17)12-3-2-8-6(5-12)4-7(10(14)15)9(13)11-8/h4H,2-3,5H2,1H3,(H,11,13)(H,14,15). The van der Waals surface area contributed by atoms with E-state index in [9.17, 15) is 18.0 Å². The Hall–Kier alpha value is -1.67. The Kier molecular flexibility index (Phi) is 2.99. The van der Waals surface area contributed by atoms with Crippen molar-refractivity contribution in [1.29, 1.82) is 0 Å². The summed E-state index contributed by atoms with van der Waals surface area (Å²) in [6.07, 6.45) is 1.47. The van der Waals surface area contributed by atoms with Gasteiger partial charge >= 0.3 is 5.97 Å². The molecule has 0 bridgehead atoms. The van der Waals surface area contributed by atoms with Gasteiger partial charge < -0.3 is 10.1 Å². The van der Waals surface area contributed by atoms with Crippen LogP contribution in [0.4, 0.5) is 0 Å². The Morgan fingerprint density at radius 2 is 2.17 bits per heavy atom. The summed E-state index contributed by atoms with van der Waals surface area (Å²) in [7, 11) is -3.32. The van der Waals surface area contributed by atoms with Gasteiger partial charge in [-0.2, -0.15) is 4.31 Å². The van der Waals surface area contributed by atoms with Crippen molar-refractivity contribution in [2.24, 2.45) is 0 Å². The molecule has 0 radical (unpaired) electrons. The van der Waals surface area contributed by atoms with Crippen LogP contribution in [0.2, 0.25) is 0 Å². The summed E-state index contributed by atoms with van der Waals surface area (Å²) in [5.74, 6) is -1.32. The van der Waals surface area contributed by atoms with Crippen molar-refractivity contribution in [3.05, 3.63) is 33.2 Å². The summed E-state index contributed by atoms with van der Waals surface area (Å²) in [6.45, 7) is 0.374. The molecule has 7 nitrogen and oxygen atoms in total. The van der Waals surface area contributed by atoms with Crippen LogP contribution >= 0.6 is 0 Å². The van der Waals surface area contributed by atoms with Gasteiger partial charge in [0.2, 0.25) is 10.0 Å². The van der Waals surface area contributed by atoms with Crippen LogP contribution in [0, 0.1) is 0 Å². The Morgan fingerprint density at radius 1 is 1.50 bits per heavy atom. The number of carboxylic acid groups (broad SMARTS) is 1. The molecule has 0 atom stereocenters. The second-order valence-electron chi connectivity index (χ2n) is 4.17. The zero-order valence-electron chi connectivity index (χ0n) is 9.63. The lowest BCUT2D eigenvalue weighted by atomic mass is 10.1. The molecule has 1 aromatic rings. The van der Waals surface area contributed by atoms with Crippen molar-refractivity contribution >= 4 is 16.0 Å². The molecule has 1 aliphatic heterocycles. The number of hydrogen-bond acceptors (Lipinski definition) is 4. The number of carboxylic acids is 1. The van der Waals surface area contributed by atoms with Crippen LogP contribution in [0.5, 0.6) is 0 Å². The highest BCUT2D eigenvalue weighted by molar-refractivity contribution is 7.88. The number of sulfonamides is 1. The maximum absolute atomic E-state index is 11.4. The van der Waals surface area contributed by atoms with Crippen LogP contribution in [-0.4, -0.2) is 41.6 Å². The maximum atomic E-state index is 11.4. The highest BCUT2D eigenvalue weighted by atomic mass is 32.2. The number of aromatic nitrogens is 1. The van der Waals surface area contributed by atoms with Crippen LogP contribution in [0.3, 0.4) is 0 Å². The molecule has 0 aliphatic carbocycles. The lowest BCUT2D eigenvalue weighted by Gasteiger charge is -2.26. The minimum absolute atomic E-state index is 0.0885. The molecule has 2 heterocycles. The second-order valence-corrected chi connectivity index (χ2v) is 6.15. The van der Waals surface area contributed by atoms with E-state index in [4.69, 9.17) is 5.11 Å². The highest BCUT2D eigenvalue weighted by Crippen LogP contribution is 2.18. The van der Waals surface area contributed by atoms with Crippen molar-refractivity contribution in [3.63, 3.8) is 0 Å². The summed E-state index contributed by atoms with van der Waals surface area (Å²) in [4.78, 5) is 24.8. The summed E-state index contributed by atoms with van der Waals surface area (Å²) >= 11 is 0. The van der Waals surface area contributed by atoms with Crippen molar-refractivity contribution in [2.75, 3.05) is 12.8 Å². The van der Waals surface area contributed by atoms with E-state index in [1.165, 1.54) is 10.4 Å². The van der Waals surface area contributed by atoms with Crippen molar-refractivity contribution < 1.29 is 18.3 Å². The van der Waals surface area contributed by atoms with Gasteiger partial charge in [0.05, 0.1) is 6.26 Å². The number of hydrogen-bond donors (Lipinski definition) is 2. The molecule has 0 saturated heterocycles. The molecule has 2 rings (SSSR count). The van der Waals surface area contributed by atoms with Crippen LogP contribution in [0.1, 0.15) is 21.6 Å². The van der Waals surface area contributed by atoms with Gasteiger partial charge in [0, 0.05) is 25.2 Å². The van der Waals surface area contributed by atoms with Gasteiger partial charge in [0.1, 0.15) is 5.56 Å². The first kappa shape index (κ1) is 12.8. The normalized spacial score (nSPS) is 16.3. The predicted octanol–water partition coefficient (Wildman–Crippen LogP) is -0.609. The Balaban J connectivity index is 2.47. The number of H-pyrrole nitrogens is 1. The van der Waals surface area contributed by atoms with E-state index in [1.807, 2.05) is 0 Å². The fourth-order valence-electron chi connectivity index (χ4n) is 1.92. The number of fused-ring (bicyclic) bond motifs is 1. The average molecular weight is 272 g/mol. The van der Waals surface area contributed by atoms with E-state index in [-0.39, 0.29) is 18.7 Å². The smallest absolute Gasteiger partial charge is 0.341 e. The van der Waals surface area contributed by atoms with Gasteiger partial charge in [0.25, 0.3) is 5.56 Å². The van der Waals surface area contributed by atoms with Gasteiger partial charge in [-0.05, 0) is 11.6 Å². The van der Waals surface area contributed by atoms with E-state index < -0.39 is 21.6 Å². The zero-order chi connectivity index (χ0) is 13.5. The van der Waals surface area contributed by atoms with Crippen molar-refractivity contribution in [1.82, 2.24) is 9.29 Å². The molecule has 18 heavy (non-hydrogen) atoms. The predicted molar refractivity (Wildman–Crippen MR) is 63.0 cm³/mol. The van der Waals surface area contributed by atoms with Crippen LogP contribution in [0.15, 0.2) is 10.9 Å². The summed E-state index contributed by atoms with van der Waals surface area (Å²) in [5, 5.41) is 8.84. The lowest BCUT2D eigenvalue weighted by molar-refractivity contribution is 0.0694. The summed E-state index contributed by atoms with van der Waals surface area (Å²) < 4.78 is 24.1. The third kappa shape index (κ3) is 2.29. The van der Waals surface area contributed by atoms with Gasteiger partial charge in [-0.25, -0.2) is 13.2 Å². The van der Waals surface area contributed by atoms with Crippen molar-refractivity contribution in [2.45, 2.75) is 13.0 Å². The molecular formula is C10H12N2O5S. The molecule has 0 aromatic carbocycles. The molecule has 8 heteroatoms. The number of aromatic amines is 1. The SMILES string of the molecule is CS(=O)(=O)N1CCc2[nH]c(=O)c(C(=O)O)cc2C1. The molecule has 0 spiro atoms. The number of carbonyl (C=O) groups is 1. The van der Waals surface area contributed by atoms with Crippen molar-refractivity contribution in [3.8, 4) is 0 Å². The maximum Gasteiger partial charge on any atom is 0.341 e. The minimum Gasteiger partial charge on any atom is -0.477 e. The third-order valence-corrected chi connectivity index (χ3v) is 4.12. The molecule has 0 unspecified atom stereocenters. The monoisotopic (exact) mass is 272 g/mol. The fourth-order valence-corrected chi connectivity index (χ4v) is 2.72. The van der Waals surface area contributed by atoms with Gasteiger partial charge in [0.15, 0.2) is 0 Å². The molecule has 2 N–H and O–H groups in total. The number of pyridine rings is 1. The van der Waals surface area contributed by atoms with E-state index >= 15 is 0 Å². The van der Waals surface area contributed by atoms with Crippen LogP contribution < -0.4 is 5.56 Å². The Morgan fingerprint density at radius 3 is 2.72 bits per heavy atom. The molecule has 1 aliphatic rings. The molecule has 1 aromatic heterocycles. The van der Waals surface area contributed by atoms with Gasteiger partial charge in [-0.1, -0.05) is 0 Å². The third-order valence-electron chi connectivity index (χ3n) is 2.87. The second kappa shape index (κ2) is 4.21. The van der Waals surface area contributed by atoms with Gasteiger partial charge in [-0.15, -0.1) is 0 Å². The van der Waals surface area contributed by atoms with E-state index in [0.717, 1.165) is 6.26 Å². The minimum atomic E-state index is -3.32. The van der Waals surface area contributed by atoms with E-state index in [2.05, 4.69) is 4.98 Å². The number of nitrogens with zero attached hydrogens (tertiary/aromatic N) is 1. The average Bonchev–Trinajstić information content (AvgIpc) is 2.25. The Bertz CT molecular complexity index is 661. The van der Waals surface area contributed by atoms with Crippen LogP contribution in [0.25, 0.3) is 0 Å². The van der Waals surface area contributed by atoms with E-state index in [1.54, 1.807) is 0 Å². The van der Waals surface area contributed by atoms with Gasteiger partial charge in [-0.3, -0.25) is 4.79 Å².